The number of thiocarbonyl (C=S) groups is 1. The molecule has 0 spiro atoms. The topological polar surface area (TPSA) is 42.2 Å². The first kappa shape index (κ1) is 14.1. The molecule has 3 nitrogen and oxygen atoms in total. The number of nitrogens with zero attached hydrogens (tertiary/aromatic N) is 2. The van der Waals surface area contributed by atoms with Crippen LogP contribution in [0, 0.1) is 12.8 Å². The van der Waals surface area contributed by atoms with Gasteiger partial charge in [-0.15, -0.1) is 0 Å². The molecule has 0 saturated carbocycles. The highest BCUT2D eigenvalue weighted by Crippen LogP contribution is 2.06. The highest BCUT2D eigenvalue weighted by molar-refractivity contribution is 7.80. The average Bonchev–Trinajstić information content (AvgIpc) is 2.27. The average molecular weight is 251 g/mol. The maximum Gasteiger partial charge on any atom is 0.0768 e. The van der Waals surface area contributed by atoms with Gasteiger partial charge in [-0.25, -0.2) is 0 Å². The Balaban J connectivity index is 2.61. The fraction of sp³-hybridized carbons (Fsp3) is 0.538. The molecule has 17 heavy (non-hydrogen) atoms. The van der Waals surface area contributed by atoms with E-state index in [1.165, 1.54) is 0 Å². The third-order valence-corrected chi connectivity index (χ3v) is 3.20. The predicted molar refractivity (Wildman–Crippen MR) is 75.9 cm³/mol. The summed E-state index contributed by atoms with van der Waals surface area (Å²) in [6.45, 7) is 8.93. The van der Waals surface area contributed by atoms with Gasteiger partial charge in [-0.1, -0.05) is 32.1 Å². The quantitative estimate of drug-likeness (QED) is 0.787. The Morgan fingerprint density at radius 3 is 2.76 bits per heavy atom. The summed E-state index contributed by atoms with van der Waals surface area (Å²) < 4.78 is 0. The maximum absolute atomic E-state index is 5.65. The zero-order valence-electron chi connectivity index (χ0n) is 10.8. The molecule has 94 valence electrons. The van der Waals surface area contributed by atoms with Crippen LogP contribution in [0.3, 0.4) is 0 Å². The van der Waals surface area contributed by atoms with Crippen molar-refractivity contribution in [3.05, 3.63) is 29.6 Å². The Labute approximate surface area is 109 Å². The molecule has 0 amide bonds. The molecule has 0 saturated heterocycles. The fourth-order valence-corrected chi connectivity index (χ4v) is 1.77. The number of aryl methyl sites for hydroxylation is 1. The van der Waals surface area contributed by atoms with Crippen LogP contribution >= 0.6 is 12.2 Å². The molecular weight excluding hydrogens is 230 g/mol. The first-order valence-corrected chi connectivity index (χ1v) is 6.38. The van der Waals surface area contributed by atoms with Crippen molar-refractivity contribution in [1.82, 2.24) is 9.88 Å². The molecule has 1 aromatic heterocycles. The number of rotatable bonds is 6. The van der Waals surface area contributed by atoms with Crippen LogP contribution in [0.5, 0.6) is 0 Å². The van der Waals surface area contributed by atoms with Crippen LogP contribution in [-0.4, -0.2) is 28.0 Å². The van der Waals surface area contributed by atoms with E-state index in [4.69, 9.17) is 18.0 Å². The summed E-state index contributed by atoms with van der Waals surface area (Å²) in [7, 11) is 0. The van der Waals surface area contributed by atoms with E-state index >= 15 is 0 Å². The van der Waals surface area contributed by atoms with Crippen molar-refractivity contribution in [3.8, 4) is 0 Å². The standard InChI is InChI=1S/C13H21N3S/c1-4-16(8-10(2)13(14)17)9-12-7-5-6-11(3)15-12/h5-7,10H,4,8-9H2,1-3H3,(H2,14,17). The van der Waals surface area contributed by atoms with E-state index in [1.54, 1.807) is 0 Å². The normalized spacial score (nSPS) is 12.7. The molecule has 1 unspecified atom stereocenters. The Hall–Kier alpha value is -1.00. The highest BCUT2D eigenvalue weighted by atomic mass is 32.1. The van der Waals surface area contributed by atoms with Crippen molar-refractivity contribution < 1.29 is 0 Å². The Bertz CT molecular complexity index is 379. The van der Waals surface area contributed by atoms with Gasteiger partial charge in [-0.2, -0.15) is 0 Å². The van der Waals surface area contributed by atoms with Gasteiger partial charge in [0.2, 0.25) is 0 Å². The largest absolute Gasteiger partial charge is 0.393 e. The van der Waals surface area contributed by atoms with E-state index in [0.29, 0.717) is 4.99 Å². The van der Waals surface area contributed by atoms with Crippen LogP contribution in [0.1, 0.15) is 25.2 Å². The molecule has 0 aliphatic rings. The molecule has 0 bridgehead atoms. The highest BCUT2D eigenvalue weighted by Gasteiger charge is 2.11. The third kappa shape index (κ3) is 4.79. The summed E-state index contributed by atoms with van der Waals surface area (Å²) in [4.78, 5) is 7.40. The van der Waals surface area contributed by atoms with Gasteiger partial charge < -0.3 is 5.73 Å². The molecule has 1 aromatic rings. The van der Waals surface area contributed by atoms with E-state index in [2.05, 4.69) is 29.8 Å². The minimum atomic E-state index is 0.245. The van der Waals surface area contributed by atoms with E-state index in [0.717, 1.165) is 31.0 Å². The second-order valence-corrected chi connectivity index (χ2v) is 4.87. The van der Waals surface area contributed by atoms with Crippen molar-refractivity contribution in [2.24, 2.45) is 11.7 Å². The van der Waals surface area contributed by atoms with Crippen LogP contribution in [0.25, 0.3) is 0 Å². The second kappa shape index (κ2) is 6.67. The van der Waals surface area contributed by atoms with Crippen LogP contribution in [0.2, 0.25) is 0 Å². The van der Waals surface area contributed by atoms with Gasteiger partial charge in [0.25, 0.3) is 0 Å². The minimum Gasteiger partial charge on any atom is -0.393 e. The molecular formula is C13H21N3S. The summed E-state index contributed by atoms with van der Waals surface area (Å²) in [6, 6.07) is 6.11. The zero-order chi connectivity index (χ0) is 12.8. The lowest BCUT2D eigenvalue weighted by atomic mass is 10.1. The fourth-order valence-electron chi connectivity index (χ4n) is 1.70. The third-order valence-electron chi connectivity index (χ3n) is 2.80. The minimum absolute atomic E-state index is 0.245. The second-order valence-electron chi connectivity index (χ2n) is 4.40. The van der Waals surface area contributed by atoms with Crippen LogP contribution in [0.4, 0.5) is 0 Å². The lowest BCUT2D eigenvalue weighted by molar-refractivity contribution is 0.261. The Morgan fingerprint density at radius 1 is 1.53 bits per heavy atom. The van der Waals surface area contributed by atoms with Crippen molar-refractivity contribution in [2.75, 3.05) is 13.1 Å². The molecule has 1 heterocycles. The molecule has 1 atom stereocenters. The SMILES string of the molecule is CCN(Cc1cccc(C)n1)CC(C)C(N)=S. The van der Waals surface area contributed by atoms with Gasteiger partial charge in [0, 0.05) is 24.7 Å². The lowest BCUT2D eigenvalue weighted by Gasteiger charge is -2.23. The van der Waals surface area contributed by atoms with E-state index in [1.807, 2.05) is 19.1 Å². The van der Waals surface area contributed by atoms with Crippen molar-refractivity contribution in [3.63, 3.8) is 0 Å². The summed E-state index contributed by atoms with van der Waals surface area (Å²) >= 11 is 5.01. The van der Waals surface area contributed by atoms with Crippen LogP contribution < -0.4 is 5.73 Å². The molecule has 2 N–H and O–H groups in total. The molecule has 4 heteroatoms. The summed E-state index contributed by atoms with van der Waals surface area (Å²) in [6.07, 6.45) is 0. The molecule has 0 aliphatic heterocycles. The number of nitrogens with two attached hydrogens (primary N) is 1. The van der Waals surface area contributed by atoms with Gasteiger partial charge in [0.05, 0.1) is 10.7 Å². The predicted octanol–water partition coefficient (Wildman–Crippen LogP) is 2.13. The Kier molecular flexibility index (Phi) is 5.51. The zero-order valence-corrected chi connectivity index (χ0v) is 11.6. The van der Waals surface area contributed by atoms with E-state index in [-0.39, 0.29) is 5.92 Å². The maximum atomic E-state index is 5.65. The summed E-state index contributed by atoms with van der Waals surface area (Å²) in [5.74, 6) is 0.245. The van der Waals surface area contributed by atoms with Crippen LogP contribution in [0.15, 0.2) is 18.2 Å². The number of hydrogen-bond donors (Lipinski definition) is 1. The molecule has 0 aliphatic carbocycles. The lowest BCUT2D eigenvalue weighted by Crippen LogP contribution is -2.33. The van der Waals surface area contributed by atoms with Crippen LogP contribution in [-0.2, 0) is 6.54 Å². The molecule has 0 aromatic carbocycles. The first-order chi connectivity index (χ1) is 8.02. The molecule has 0 fully saturated rings. The van der Waals surface area contributed by atoms with E-state index in [9.17, 15) is 0 Å². The Morgan fingerprint density at radius 2 is 2.24 bits per heavy atom. The number of aromatic nitrogens is 1. The van der Waals surface area contributed by atoms with Gasteiger partial charge >= 0.3 is 0 Å². The summed E-state index contributed by atoms with van der Waals surface area (Å²) in [5.41, 5.74) is 7.80. The van der Waals surface area contributed by atoms with Crippen molar-refractivity contribution >= 4 is 17.2 Å². The van der Waals surface area contributed by atoms with Gasteiger partial charge in [-0.05, 0) is 25.6 Å². The van der Waals surface area contributed by atoms with Gasteiger partial charge in [-0.3, -0.25) is 9.88 Å². The van der Waals surface area contributed by atoms with E-state index < -0.39 is 0 Å². The molecule has 1 rings (SSSR count). The van der Waals surface area contributed by atoms with Crippen molar-refractivity contribution in [2.45, 2.75) is 27.3 Å². The molecule has 0 radical (unpaired) electrons. The van der Waals surface area contributed by atoms with Gasteiger partial charge in [0.1, 0.15) is 0 Å². The van der Waals surface area contributed by atoms with Gasteiger partial charge in [0.15, 0.2) is 0 Å². The monoisotopic (exact) mass is 251 g/mol. The smallest absolute Gasteiger partial charge is 0.0768 e. The van der Waals surface area contributed by atoms with Crippen molar-refractivity contribution in [1.29, 1.82) is 0 Å². The first-order valence-electron chi connectivity index (χ1n) is 5.97. The summed E-state index contributed by atoms with van der Waals surface area (Å²) in [5, 5.41) is 0. The number of pyridine rings is 1. The number of hydrogen-bond acceptors (Lipinski definition) is 3.